The predicted molar refractivity (Wildman–Crippen MR) is 45.0 cm³/mol. The van der Waals surface area contributed by atoms with Gasteiger partial charge in [0.05, 0.1) is 6.42 Å². The van der Waals surface area contributed by atoms with Gasteiger partial charge in [-0.1, -0.05) is 19.1 Å². The van der Waals surface area contributed by atoms with Crippen molar-refractivity contribution in [2.45, 2.75) is 26.7 Å². The maximum Gasteiger partial charge on any atom is 0.307 e. The van der Waals surface area contributed by atoms with Crippen molar-refractivity contribution in [3.8, 4) is 0 Å². The van der Waals surface area contributed by atoms with Gasteiger partial charge in [-0.05, 0) is 6.42 Å². The molecular weight excluding hydrogens is 160 g/mol. The van der Waals surface area contributed by atoms with Crippen LogP contribution in [0.2, 0.25) is 0 Å². The van der Waals surface area contributed by atoms with Gasteiger partial charge in [-0.15, -0.1) is 0 Å². The molecular formula is C8H14O4. The van der Waals surface area contributed by atoms with Crippen LogP contribution < -0.4 is 0 Å². The number of allylic oxidation sites excluding steroid dienone is 1. The van der Waals surface area contributed by atoms with E-state index in [4.69, 9.17) is 15.0 Å². The van der Waals surface area contributed by atoms with Crippen LogP contribution in [0, 0.1) is 0 Å². The first kappa shape index (κ1) is 13.3. The molecule has 2 N–H and O–H groups in total. The molecule has 0 aromatic heterocycles. The monoisotopic (exact) mass is 174 g/mol. The molecule has 0 aliphatic rings. The Balaban J connectivity index is 0. The van der Waals surface area contributed by atoms with Gasteiger partial charge in [-0.3, -0.25) is 9.59 Å². The Kier molecular flexibility index (Phi) is 10.7. The number of aliphatic carboxylic acids is 2. The number of rotatable bonds is 3. The van der Waals surface area contributed by atoms with Gasteiger partial charge >= 0.3 is 5.97 Å². The summed E-state index contributed by atoms with van der Waals surface area (Å²) < 4.78 is 0. The van der Waals surface area contributed by atoms with E-state index in [-0.39, 0.29) is 6.42 Å². The van der Waals surface area contributed by atoms with Crippen molar-refractivity contribution in [1.82, 2.24) is 0 Å². The predicted octanol–water partition coefficient (Wildman–Crippen LogP) is 1.52. The van der Waals surface area contributed by atoms with Crippen LogP contribution in [0.25, 0.3) is 0 Å². The van der Waals surface area contributed by atoms with Gasteiger partial charge in [0.2, 0.25) is 0 Å². The smallest absolute Gasteiger partial charge is 0.307 e. The lowest BCUT2D eigenvalue weighted by Crippen LogP contribution is -1.89. The molecule has 0 fully saturated rings. The summed E-state index contributed by atoms with van der Waals surface area (Å²) >= 11 is 0. The fourth-order valence-electron chi connectivity index (χ4n) is 0.351. The quantitative estimate of drug-likeness (QED) is 0.636. The van der Waals surface area contributed by atoms with Crippen molar-refractivity contribution in [2.75, 3.05) is 0 Å². The second-order valence-corrected chi connectivity index (χ2v) is 2.00. The maximum absolute atomic E-state index is 9.82. The SMILES string of the molecule is CC(=O)O.CCC=CCC(=O)O. The molecule has 0 aromatic carbocycles. The average molecular weight is 174 g/mol. The molecule has 0 aromatic rings. The van der Waals surface area contributed by atoms with Crippen LogP contribution in [-0.4, -0.2) is 22.2 Å². The zero-order chi connectivity index (χ0) is 9.98. The van der Waals surface area contributed by atoms with Gasteiger partial charge in [0, 0.05) is 6.92 Å². The van der Waals surface area contributed by atoms with Gasteiger partial charge in [-0.25, -0.2) is 0 Å². The van der Waals surface area contributed by atoms with Crippen LogP contribution >= 0.6 is 0 Å². The second kappa shape index (κ2) is 9.68. The molecule has 0 atom stereocenters. The zero-order valence-electron chi connectivity index (χ0n) is 7.28. The maximum atomic E-state index is 9.82. The summed E-state index contributed by atoms with van der Waals surface area (Å²) in [6.07, 6.45) is 4.55. The Morgan fingerprint density at radius 3 is 1.92 bits per heavy atom. The number of carbonyl (C=O) groups is 2. The lowest BCUT2D eigenvalue weighted by molar-refractivity contribution is -0.136. The molecule has 0 spiro atoms. The number of hydrogen-bond acceptors (Lipinski definition) is 2. The van der Waals surface area contributed by atoms with E-state index in [0.717, 1.165) is 13.3 Å². The Morgan fingerprint density at radius 2 is 1.67 bits per heavy atom. The summed E-state index contributed by atoms with van der Waals surface area (Å²) in [5.41, 5.74) is 0. The summed E-state index contributed by atoms with van der Waals surface area (Å²) in [6, 6.07) is 0. The highest BCUT2D eigenvalue weighted by Crippen LogP contribution is 1.84. The van der Waals surface area contributed by atoms with E-state index in [0.29, 0.717) is 0 Å². The summed E-state index contributed by atoms with van der Waals surface area (Å²) in [7, 11) is 0. The van der Waals surface area contributed by atoms with Crippen LogP contribution in [0.1, 0.15) is 26.7 Å². The van der Waals surface area contributed by atoms with Crippen molar-refractivity contribution in [1.29, 1.82) is 0 Å². The summed E-state index contributed by atoms with van der Waals surface area (Å²) in [5, 5.41) is 15.5. The first-order valence-electron chi connectivity index (χ1n) is 3.57. The first-order valence-corrected chi connectivity index (χ1v) is 3.57. The van der Waals surface area contributed by atoms with Crippen LogP contribution in [0.5, 0.6) is 0 Å². The minimum Gasteiger partial charge on any atom is -0.481 e. The molecule has 0 aliphatic carbocycles. The van der Waals surface area contributed by atoms with E-state index < -0.39 is 11.9 Å². The lowest BCUT2D eigenvalue weighted by atomic mass is 10.3. The molecule has 0 bridgehead atoms. The van der Waals surface area contributed by atoms with Crippen LogP contribution in [0.15, 0.2) is 12.2 Å². The molecule has 0 saturated carbocycles. The minimum atomic E-state index is -0.833. The topological polar surface area (TPSA) is 74.6 Å². The summed E-state index contributed by atoms with van der Waals surface area (Å²) in [5.74, 6) is -1.60. The summed E-state index contributed by atoms with van der Waals surface area (Å²) in [4.78, 5) is 18.8. The van der Waals surface area contributed by atoms with Gasteiger partial charge in [0.25, 0.3) is 5.97 Å². The van der Waals surface area contributed by atoms with Gasteiger partial charge in [0.15, 0.2) is 0 Å². The third-order valence-corrected chi connectivity index (χ3v) is 0.695. The van der Waals surface area contributed by atoms with E-state index in [2.05, 4.69) is 0 Å². The fourth-order valence-corrected chi connectivity index (χ4v) is 0.351. The third-order valence-electron chi connectivity index (χ3n) is 0.695. The average Bonchev–Trinajstić information content (AvgIpc) is 1.86. The summed E-state index contributed by atoms with van der Waals surface area (Å²) in [6.45, 7) is 3.05. The second-order valence-electron chi connectivity index (χ2n) is 2.00. The molecule has 0 heterocycles. The van der Waals surface area contributed by atoms with Crippen LogP contribution in [0.3, 0.4) is 0 Å². The highest BCUT2D eigenvalue weighted by atomic mass is 16.4. The standard InChI is InChI=1S/C6H10O2.C2H4O2/c1-2-3-4-5-6(7)8;1-2(3)4/h3-4H,2,5H2,1H3,(H,7,8);1H3,(H,3,4). The van der Waals surface area contributed by atoms with Crippen molar-refractivity contribution >= 4 is 11.9 Å². The fraction of sp³-hybridized carbons (Fsp3) is 0.500. The molecule has 0 radical (unpaired) electrons. The number of carboxylic acid groups (broad SMARTS) is 2. The molecule has 0 aliphatic heterocycles. The minimum absolute atomic E-state index is 0.147. The zero-order valence-corrected chi connectivity index (χ0v) is 7.28. The number of carboxylic acids is 2. The molecule has 0 amide bonds. The highest BCUT2D eigenvalue weighted by Gasteiger charge is 1.86. The van der Waals surface area contributed by atoms with E-state index in [1.54, 1.807) is 6.08 Å². The molecule has 4 nitrogen and oxygen atoms in total. The Hall–Kier alpha value is -1.32. The van der Waals surface area contributed by atoms with E-state index in [9.17, 15) is 4.79 Å². The normalized spacial score (nSPS) is 8.83. The third kappa shape index (κ3) is 37.8. The van der Waals surface area contributed by atoms with Crippen molar-refractivity contribution in [3.63, 3.8) is 0 Å². The molecule has 0 saturated heterocycles. The Morgan fingerprint density at radius 1 is 1.25 bits per heavy atom. The molecule has 12 heavy (non-hydrogen) atoms. The molecule has 0 unspecified atom stereocenters. The lowest BCUT2D eigenvalue weighted by Gasteiger charge is -1.80. The van der Waals surface area contributed by atoms with Crippen LogP contribution in [-0.2, 0) is 9.59 Å². The number of hydrogen-bond donors (Lipinski definition) is 2. The van der Waals surface area contributed by atoms with Gasteiger partial charge in [0.1, 0.15) is 0 Å². The van der Waals surface area contributed by atoms with E-state index in [1.807, 2.05) is 13.0 Å². The van der Waals surface area contributed by atoms with Gasteiger partial charge in [-0.2, -0.15) is 0 Å². The highest BCUT2D eigenvalue weighted by molar-refractivity contribution is 5.68. The van der Waals surface area contributed by atoms with Crippen molar-refractivity contribution < 1.29 is 19.8 Å². The molecule has 0 rings (SSSR count). The largest absolute Gasteiger partial charge is 0.481 e. The van der Waals surface area contributed by atoms with E-state index >= 15 is 0 Å². The molecule has 70 valence electrons. The van der Waals surface area contributed by atoms with Gasteiger partial charge < -0.3 is 10.2 Å². The van der Waals surface area contributed by atoms with Crippen molar-refractivity contribution in [3.05, 3.63) is 12.2 Å². The van der Waals surface area contributed by atoms with Crippen LogP contribution in [0.4, 0.5) is 0 Å². The van der Waals surface area contributed by atoms with Crippen molar-refractivity contribution in [2.24, 2.45) is 0 Å². The van der Waals surface area contributed by atoms with E-state index in [1.165, 1.54) is 0 Å². The first-order chi connectivity index (χ1) is 5.50. The Labute approximate surface area is 71.5 Å². The molecule has 4 heteroatoms. The Bertz CT molecular complexity index is 156.